The summed E-state index contributed by atoms with van der Waals surface area (Å²) in [7, 11) is -7.38. The van der Waals surface area contributed by atoms with Gasteiger partial charge in [-0.25, -0.2) is 0 Å². The van der Waals surface area contributed by atoms with E-state index < -0.39 is 59.4 Å². The van der Waals surface area contributed by atoms with Crippen molar-refractivity contribution in [3.63, 3.8) is 0 Å². The highest BCUT2D eigenvalue weighted by Crippen LogP contribution is 2.20. The smallest absolute Gasteiger partial charge is 0.449 e. The van der Waals surface area contributed by atoms with Crippen molar-refractivity contribution in [1.82, 2.24) is 0 Å². The van der Waals surface area contributed by atoms with Gasteiger partial charge in [-0.05, 0) is 58.1 Å². The zero-order valence-electron chi connectivity index (χ0n) is 28.5. The fourth-order valence-corrected chi connectivity index (χ4v) is 22.1. The lowest BCUT2D eigenvalue weighted by molar-refractivity contribution is 0.138. The van der Waals surface area contributed by atoms with Crippen LogP contribution >= 0.6 is 0 Å². The maximum atomic E-state index is 9.49. The summed E-state index contributed by atoms with van der Waals surface area (Å²) in [6, 6.07) is 0. The Bertz CT molecular complexity index is 803. The van der Waals surface area contributed by atoms with Gasteiger partial charge in [0.1, 0.15) is 0 Å². The van der Waals surface area contributed by atoms with Crippen molar-refractivity contribution < 1.29 is 50.8 Å². The second kappa shape index (κ2) is 22.2. The third-order valence-corrected chi connectivity index (χ3v) is 24.4. The Labute approximate surface area is 268 Å². The molecule has 0 saturated carbocycles. The Morgan fingerprint density at radius 3 is 1.16 bits per heavy atom. The van der Waals surface area contributed by atoms with E-state index in [1.54, 1.807) is 21.3 Å². The molecule has 11 nitrogen and oxygen atoms in total. The summed E-state index contributed by atoms with van der Waals surface area (Å²) in [6.07, 6.45) is 10.1. The van der Waals surface area contributed by atoms with E-state index in [4.69, 9.17) is 48.3 Å². The molecular formula is C25H58O11Si7. The quantitative estimate of drug-likeness (QED) is 0.127. The van der Waals surface area contributed by atoms with Gasteiger partial charge in [-0.3, -0.25) is 0 Å². The predicted molar refractivity (Wildman–Crippen MR) is 190 cm³/mol. The molecule has 0 aliphatic heterocycles. The average molecular weight is 731 g/mol. The Balaban J connectivity index is -0.000000725. The minimum absolute atomic E-state index is 0.0486. The monoisotopic (exact) mass is 730 g/mol. The third kappa shape index (κ3) is 21.2. The maximum Gasteiger partial charge on any atom is 0.528 e. The average Bonchev–Trinajstić information content (AvgIpc) is 2.96. The summed E-state index contributed by atoms with van der Waals surface area (Å²) >= 11 is 0. The zero-order chi connectivity index (χ0) is 34.6. The van der Waals surface area contributed by atoms with Gasteiger partial charge in [-0.15, -0.1) is 23.9 Å². The Hall–Kier alpha value is -0.322. The highest BCUT2D eigenvalue weighted by atomic mass is 28.4. The lowest BCUT2D eigenvalue weighted by Crippen LogP contribution is -2.49. The Morgan fingerprint density at radius 2 is 0.930 bits per heavy atom. The maximum absolute atomic E-state index is 9.49. The first-order valence-corrected chi connectivity index (χ1v) is 31.6. The summed E-state index contributed by atoms with van der Waals surface area (Å²) < 4.78 is 37.8. The van der Waals surface area contributed by atoms with Crippen molar-refractivity contribution in [2.75, 3.05) is 60.5 Å². The summed E-state index contributed by atoms with van der Waals surface area (Å²) in [4.78, 5) is 0. The molecule has 0 saturated heterocycles. The van der Waals surface area contributed by atoms with Gasteiger partial charge >= 0.3 is 18.1 Å². The number of hydrogen-bond acceptors (Lipinski definition) is 11. The van der Waals surface area contributed by atoms with Crippen LogP contribution in [0.25, 0.3) is 0 Å². The molecule has 0 radical (unpaired) electrons. The Kier molecular flexibility index (Phi) is 24.4. The molecule has 0 spiro atoms. The summed E-state index contributed by atoms with van der Waals surface area (Å²) in [6.45, 7) is 16.2. The predicted octanol–water partition coefficient (Wildman–Crippen LogP) is 1.39. The second-order valence-electron chi connectivity index (χ2n) is 11.5. The Morgan fingerprint density at radius 1 is 0.581 bits per heavy atom. The molecule has 0 rings (SSSR count). The molecule has 0 aliphatic carbocycles. The lowest BCUT2D eigenvalue weighted by Gasteiger charge is -2.31. The number of aliphatic hydroxyl groups is 4. The SMILES string of the molecule is C#C[Si](C)(C)O[Si](C)(C)C#C.CO[SiH](CO)OC.CO[Si](/C=C/[Si](C)(C)O[Si](C)(C)/C=C/[Si](CO)(CO)CO)(OC)OC. The van der Waals surface area contributed by atoms with Gasteiger partial charge < -0.3 is 50.8 Å². The molecule has 0 heterocycles. The molecule has 4 N–H and O–H groups in total. The van der Waals surface area contributed by atoms with E-state index in [1.807, 2.05) is 62.1 Å². The van der Waals surface area contributed by atoms with E-state index in [1.165, 1.54) is 14.2 Å². The normalized spacial score (nSPS) is 13.3. The van der Waals surface area contributed by atoms with Crippen LogP contribution < -0.4 is 0 Å². The van der Waals surface area contributed by atoms with Gasteiger partial charge in [0, 0.05) is 54.2 Å². The van der Waals surface area contributed by atoms with Crippen LogP contribution in [-0.4, -0.2) is 140 Å². The molecule has 0 aromatic rings. The second-order valence-corrected chi connectivity index (χ2v) is 35.8. The van der Waals surface area contributed by atoms with Crippen molar-refractivity contribution >= 4 is 59.4 Å². The van der Waals surface area contributed by atoms with Crippen LogP contribution in [0.15, 0.2) is 22.8 Å². The molecule has 18 heteroatoms. The van der Waals surface area contributed by atoms with E-state index in [0.29, 0.717) is 0 Å². The van der Waals surface area contributed by atoms with E-state index >= 15 is 0 Å². The van der Waals surface area contributed by atoms with Gasteiger partial charge in [0.2, 0.25) is 0 Å². The van der Waals surface area contributed by atoms with Crippen LogP contribution in [0.2, 0.25) is 52.4 Å². The molecule has 0 aromatic heterocycles. The molecule has 0 atom stereocenters. The summed E-state index contributed by atoms with van der Waals surface area (Å²) in [5.74, 6) is 0. The number of aliphatic hydroxyl groups excluding tert-OH is 4. The number of rotatable bonds is 17. The molecule has 0 aliphatic rings. The van der Waals surface area contributed by atoms with Crippen LogP contribution in [0.1, 0.15) is 0 Å². The van der Waals surface area contributed by atoms with Crippen molar-refractivity contribution in [2.45, 2.75) is 52.4 Å². The minimum Gasteiger partial charge on any atom is -0.449 e. The minimum atomic E-state index is -2.79. The first-order chi connectivity index (χ1) is 19.7. The first-order valence-electron chi connectivity index (χ1n) is 13.6. The number of terminal acetylenes is 2. The summed E-state index contributed by atoms with van der Waals surface area (Å²) in [5.41, 5.74) is 13.0. The molecular weight excluding hydrogens is 673 g/mol. The number of hydrogen-bond donors (Lipinski definition) is 4. The van der Waals surface area contributed by atoms with Gasteiger partial charge in [-0.1, -0.05) is 17.1 Å². The van der Waals surface area contributed by atoms with Crippen LogP contribution in [0.5, 0.6) is 0 Å². The van der Waals surface area contributed by atoms with Crippen molar-refractivity contribution in [3.8, 4) is 23.9 Å². The first kappa shape index (κ1) is 47.1. The molecule has 0 aromatic carbocycles. The van der Waals surface area contributed by atoms with Gasteiger partial charge in [0.25, 0.3) is 16.6 Å². The molecule has 252 valence electrons. The van der Waals surface area contributed by atoms with Crippen LogP contribution in [0.3, 0.4) is 0 Å². The molecule has 0 unspecified atom stereocenters. The molecule has 0 bridgehead atoms. The van der Waals surface area contributed by atoms with Crippen LogP contribution in [0.4, 0.5) is 0 Å². The van der Waals surface area contributed by atoms with Gasteiger partial charge in [0.15, 0.2) is 24.7 Å². The zero-order valence-corrected chi connectivity index (χ0v) is 35.7. The fourth-order valence-electron chi connectivity index (χ4n) is 3.13. The van der Waals surface area contributed by atoms with E-state index in [-0.39, 0.29) is 24.9 Å². The molecule has 0 amide bonds. The molecule has 0 fully saturated rings. The highest BCUT2D eigenvalue weighted by molar-refractivity contribution is 6.93. The lowest BCUT2D eigenvalue weighted by atomic mass is 11.2. The largest absolute Gasteiger partial charge is 0.528 e. The summed E-state index contributed by atoms with van der Waals surface area (Å²) in [5, 5.41) is 36.8. The highest BCUT2D eigenvalue weighted by Gasteiger charge is 2.38. The van der Waals surface area contributed by atoms with Gasteiger partial charge in [-0.2, -0.15) is 0 Å². The fraction of sp³-hybridized carbons (Fsp3) is 0.680. The topological polar surface area (TPSA) is 146 Å². The van der Waals surface area contributed by atoms with Crippen molar-refractivity contribution in [1.29, 1.82) is 0 Å². The van der Waals surface area contributed by atoms with Gasteiger partial charge in [0.05, 0.1) is 6.23 Å². The van der Waals surface area contributed by atoms with E-state index in [9.17, 15) is 15.3 Å². The third-order valence-electron chi connectivity index (χ3n) is 5.73. The standard InChI is InChI=1S/C14H34O7Si4.C8H14OSi2.C3H10O3Si/c1-18-25(19-2,20-3)11-9-23(6,7)21-22(4,5)8-10-24(12-15,13-16)14-17;1-7-10(3,4)9-11(5,6)8-2;1-5-7(3-4)6-2/h8-11,15-17H,12-14H2,1-7H3;1-2H,3-6H3;4,7H,3H2,1-2H3/b10-8+,11-9+;;. The van der Waals surface area contributed by atoms with E-state index in [0.717, 1.165) is 0 Å². The van der Waals surface area contributed by atoms with Crippen LogP contribution in [-0.2, 0) is 30.4 Å². The van der Waals surface area contributed by atoms with Crippen molar-refractivity contribution in [2.24, 2.45) is 0 Å². The van der Waals surface area contributed by atoms with E-state index in [2.05, 4.69) is 24.2 Å². The van der Waals surface area contributed by atoms with Crippen molar-refractivity contribution in [3.05, 3.63) is 22.8 Å². The molecule has 43 heavy (non-hydrogen) atoms. The van der Waals surface area contributed by atoms with Crippen LogP contribution in [0, 0.1) is 23.9 Å².